The fourth-order valence-corrected chi connectivity index (χ4v) is 4.09. The van der Waals surface area contributed by atoms with Gasteiger partial charge in [0.25, 0.3) is 0 Å². The first-order valence-electron chi connectivity index (χ1n) is 8.27. The quantitative estimate of drug-likeness (QED) is 0.800. The smallest absolute Gasteiger partial charge is 0.248 e. The van der Waals surface area contributed by atoms with E-state index in [1.54, 1.807) is 43.3 Å². The van der Waals surface area contributed by atoms with Crippen LogP contribution in [0.1, 0.15) is 24.5 Å². The summed E-state index contributed by atoms with van der Waals surface area (Å²) < 4.78 is 26.1. The van der Waals surface area contributed by atoms with Crippen molar-refractivity contribution in [2.75, 3.05) is 15.9 Å². The fourth-order valence-electron chi connectivity index (χ4n) is 2.70. The van der Waals surface area contributed by atoms with Gasteiger partial charge in [0.1, 0.15) is 6.04 Å². The van der Waals surface area contributed by atoms with Crippen LogP contribution in [0.5, 0.6) is 0 Å². The van der Waals surface area contributed by atoms with Gasteiger partial charge in [-0.1, -0.05) is 36.7 Å². The highest BCUT2D eigenvalue weighted by molar-refractivity contribution is 7.92. The molecule has 26 heavy (non-hydrogen) atoms. The van der Waals surface area contributed by atoms with Crippen LogP contribution in [0.15, 0.2) is 42.5 Å². The van der Waals surface area contributed by atoms with Gasteiger partial charge < -0.3 is 5.32 Å². The molecule has 0 spiro atoms. The van der Waals surface area contributed by atoms with Crippen molar-refractivity contribution in [2.45, 2.75) is 33.2 Å². The molecule has 2 aromatic carbocycles. The van der Waals surface area contributed by atoms with Crippen LogP contribution in [-0.2, 0) is 14.8 Å². The number of hydrogen-bond donors (Lipinski definition) is 1. The molecule has 0 aliphatic heterocycles. The maximum Gasteiger partial charge on any atom is 0.248 e. The Morgan fingerprint density at radius 1 is 1.15 bits per heavy atom. The maximum atomic E-state index is 12.8. The van der Waals surface area contributed by atoms with Gasteiger partial charge in [-0.2, -0.15) is 0 Å². The minimum absolute atomic E-state index is 0.316. The van der Waals surface area contributed by atoms with E-state index in [-0.39, 0.29) is 0 Å². The van der Waals surface area contributed by atoms with E-state index in [2.05, 4.69) is 5.32 Å². The van der Waals surface area contributed by atoms with E-state index in [0.717, 1.165) is 17.4 Å². The van der Waals surface area contributed by atoms with Crippen molar-refractivity contribution < 1.29 is 13.2 Å². The SMILES string of the molecule is CC[C@@H](C(=O)Nc1ccccc1Cl)N(c1ccc(C)c(C)c1)S(C)(=O)=O. The number of nitrogens with zero attached hydrogens (tertiary/aromatic N) is 1. The van der Waals surface area contributed by atoms with E-state index in [4.69, 9.17) is 11.6 Å². The molecule has 0 aromatic heterocycles. The third-order valence-corrected chi connectivity index (χ3v) is 5.72. The van der Waals surface area contributed by atoms with Gasteiger partial charge in [-0.05, 0) is 55.7 Å². The molecule has 0 saturated carbocycles. The van der Waals surface area contributed by atoms with Crippen LogP contribution in [0.2, 0.25) is 5.02 Å². The number of nitrogens with one attached hydrogen (secondary N) is 1. The molecule has 0 heterocycles. The first kappa shape index (κ1) is 20.3. The predicted molar refractivity (Wildman–Crippen MR) is 107 cm³/mol. The van der Waals surface area contributed by atoms with Crippen molar-refractivity contribution in [1.82, 2.24) is 0 Å². The van der Waals surface area contributed by atoms with Gasteiger partial charge in [0.05, 0.1) is 22.7 Å². The highest BCUT2D eigenvalue weighted by Gasteiger charge is 2.31. The summed E-state index contributed by atoms with van der Waals surface area (Å²) in [6.07, 6.45) is 1.42. The highest BCUT2D eigenvalue weighted by Crippen LogP contribution is 2.27. The molecule has 0 radical (unpaired) electrons. The van der Waals surface area contributed by atoms with Crippen LogP contribution >= 0.6 is 11.6 Å². The van der Waals surface area contributed by atoms with Crippen LogP contribution in [0.4, 0.5) is 11.4 Å². The second-order valence-corrected chi connectivity index (χ2v) is 8.49. The topological polar surface area (TPSA) is 66.5 Å². The summed E-state index contributed by atoms with van der Waals surface area (Å²) in [4.78, 5) is 12.8. The Kier molecular flexibility index (Phi) is 6.31. The van der Waals surface area contributed by atoms with Gasteiger partial charge in [0, 0.05) is 0 Å². The summed E-state index contributed by atoms with van der Waals surface area (Å²) in [6.45, 7) is 5.63. The second-order valence-electron chi connectivity index (χ2n) is 6.22. The molecular weight excluding hydrogens is 372 g/mol. The van der Waals surface area contributed by atoms with Crippen LogP contribution < -0.4 is 9.62 Å². The Balaban J connectivity index is 2.43. The van der Waals surface area contributed by atoms with E-state index in [1.165, 1.54) is 4.31 Å². The van der Waals surface area contributed by atoms with Gasteiger partial charge in [-0.15, -0.1) is 0 Å². The van der Waals surface area contributed by atoms with Crippen molar-refractivity contribution in [3.8, 4) is 0 Å². The van der Waals surface area contributed by atoms with Crippen molar-refractivity contribution in [2.24, 2.45) is 0 Å². The molecule has 7 heteroatoms. The number of rotatable bonds is 6. The molecule has 140 valence electrons. The molecule has 5 nitrogen and oxygen atoms in total. The number of carbonyl (C=O) groups excluding carboxylic acids is 1. The molecule has 0 saturated heterocycles. The van der Waals surface area contributed by atoms with Crippen LogP contribution in [0, 0.1) is 13.8 Å². The minimum Gasteiger partial charge on any atom is -0.323 e. The number of halogens is 1. The van der Waals surface area contributed by atoms with E-state index < -0.39 is 22.0 Å². The molecule has 0 aliphatic carbocycles. The Labute approximate surface area is 160 Å². The van der Waals surface area contributed by atoms with Gasteiger partial charge >= 0.3 is 0 Å². The van der Waals surface area contributed by atoms with Gasteiger partial charge in [-0.3, -0.25) is 9.10 Å². The van der Waals surface area contributed by atoms with Crippen LogP contribution in [0.3, 0.4) is 0 Å². The Bertz CT molecular complexity index is 913. The number of aryl methyl sites for hydroxylation is 2. The third kappa shape index (κ3) is 4.56. The zero-order valence-electron chi connectivity index (χ0n) is 15.3. The zero-order valence-corrected chi connectivity index (χ0v) is 16.9. The highest BCUT2D eigenvalue weighted by atomic mass is 35.5. The lowest BCUT2D eigenvalue weighted by Crippen LogP contribution is -2.47. The average Bonchev–Trinajstić information content (AvgIpc) is 2.56. The molecule has 1 atom stereocenters. The van der Waals surface area contributed by atoms with E-state index in [9.17, 15) is 13.2 Å². The van der Waals surface area contributed by atoms with Crippen molar-refractivity contribution in [3.63, 3.8) is 0 Å². The standard InChI is InChI=1S/C19H23ClN2O3S/c1-5-18(19(23)21-17-9-7-6-8-16(17)20)22(26(4,24)25)15-11-10-13(2)14(3)12-15/h6-12,18H,5H2,1-4H3,(H,21,23)/t18-/m0/s1. The van der Waals surface area contributed by atoms with Crippen molar-refractivity contribution >= 4 is 38.9 Å². The number of benzene rings is 2. The monoisotopic (exact) mass is 394 g/mol. The van der Waals surface area contributed by atoms with Gasteiger partial charge in [0.15, 0.2) is 0 Å². The van der Waals surface area contributed by atoms with Gasteiger partial charge in [0.2, 0.25) is 15.9 Å². The lowest BCUT2D eigenvalue weighted by Gasteiger charge is -2.30. The molecular formula is C19H23ClN2O3S. The molecule has 2 rings (SSSR count). The average molecular weight is 395 g/mol. The Morgan fingerprint density at radius 2 is 1.81 bits per heavy atom. The molecule has 0 aliphatic rings. The van der Waals surface area contributed by atoms with Crippen molar-refractivity contribution in [1.29, 1.82) is 0 Å². The minimum atomic E-state index is -3.67. The first-order chi connectivity index (χ1) is 12.1. The van der Waals surface area contributed by atoms with Crippen molar-refractivity contribution in [3.05, 3.63) is 58.6 Å². The molecule has 2 aromatic rings. The number of hydrogen-bond acceptors (Lipinski definition) is 3. The van der Waals surface area contributed by atoms with Crippen LogP contribution in [0.25, 0.3) is 0 Å². The molecule has 0 bridgehead atoms. The largest absolute Gasteiger partial charge is 0.323 e. The normalized spacial score (nSPS) is 12.5. The van der Waals surface area contributed by atoms with E-state index in [1.807, 2.05) is 19.9 Å². The summed E-state index contributed by atoms with van der Waals surface area (Å²) in [6, 6.07) is 11.3. The number of anilines is 2. The number of sulfonamides is 1. The molecule has 1 N–H and O–H groups in total. The Hall–Kier alpha value is -2.05. The number of amides is 1. The second kappa shape index (κ2) is 8.10. The zero-order chi connectivity index (χ0) is 19.5. The lowest BCUT2D eigenvalue weighted by molar-refractivity contribution is -0.117. The van der Waals surface area contributed by atoms with Crippen LogP contribution in [-0.4, -0.2) is 26.6 Å². The summed E-state index contributed by atoms with van der Waals surface area (Å²) in [5.74, 6) is -0.427. The number of carbonyl (C=O) groups is 1. The summed E-state index contributed by atoms with van der Waals surface area (Å²) >= 11 is 6.09. The first-order valence-corrected chi connectivity index (χ1v) is 10.5. The summed E-state index contributed by atoms with van der Waals surface area (Å²) in [5, 5.41) is 3.13. The molecule has 1 amide bonds. The van der Waals surface area contributed by atoms with Gasteiger partial charge in [-0.25, -0.2) is 8.42 Å². The number of para-hydroxylation sites is 1. The predicted octanol–water partition coefficient (Wildman–Crippen LogP) is 4.14. The summed E-state index contributed by atoms with van der Waals surface area (Å²) in [5.41, 5.74) is 2.93. The summed E-state index contributed by atoms with van der Waals surface area (Å²) in [7, 11) is -3.67. The van der Waals surface area contributed by atoms with E-state index >= 15 is 0 Å². The fraction of sp³-hybridized carbons (Fsp3) is 0.316. The molecule has 0 unspecified atom stereocenters. The lowest BCUT2D eigenvalue weighted by atomic mass is 10.1. The molecule has 0 fully saturated rings. The van der Waals surface area contributed by atoms with E-state index in [0.29, 0.717) is 22.8 Å². The third-order valence-electron chi connectivity index (χ3n) is 4.21. The Morgan fingerprint density at radius 3 is 2.35 bits per heavy atom. The maximum absolute atomic E-state index is 12.8.